The van der Waals surface area contributed by atoms with Crippen LogP contribution in [-0.4, -0.2) is 49.8 Å². The van der Waals surface area contributed by atoms with Gasteiger partial charge in [0.05, 0.1) is 43.8 Å². The molecular formula is C22H24N2O9. The lowest BCUT2D eigenvalue weighted by atomic mass is 10.2. The van der Waals surface area contributed by atoms with Gasteiger partial charge < -0.3 is 29.0 Å². The van der Waals surface area contributed by atoms with Crippen molar-refractivity contribution in [1.82, 2.24) is 0 Å². The van der Waals surface area contributed by atoms with Crippen LogP contribution in [0.25, 0.3) is 0 Å². The number of hydrogen-bond donors (Lipinski definition) is 1. The third kappa shape index (κ3) is 6.99. The monoisotopic (exact) mass is 460 g/mol. The van der Waals surface area contributed by atoms with E-state index in [4.69, 9.17) is 23.7 Å². The van der Waals surface area contributed by atoms with Crippen LogP contribution in [0.2, 0.25) is 0 Å². The van der Waals surface area contributed by atoms with Crippen molar-refractivity contribution in [3.05, 3.63) is 46.5 Å². The molecule has 11 nitrogen and oxygen atoms in total. The van der Waals surface area contributed by atoms with Gasteiger partial charge >= 0.3 is 5.97 Å². The zero-order chi connectivity index (χ0) is 23.6. The molecule has 0 aliphatic carbocycles. The zero-order valence-corrected chi connectivity index (χ0v) is 18.0. The van der Waals surface area contributed by atoms with Gasteiger partial charge in [-0.15, -0.1) is 0 Å². The van der Waals surface area contributed by atoms with E-state index in [1.165, 1.54) is 12.1 Å². The highest BCUT2D eigenvalue weighted by atomic mass is 16.6. The molecule has 1 aliphatic heterocycles. The van der Waals surface area contributed by atoms with Gasteiger partial charge in [-0.25, -0.2) is 0 Å². The van der Waals surface area contributed by atoms with Crippen LogP contribution in [0.1, 0.15) is 19.8 Å². The number of fused-ring (bicyclic) bond motifs is 1. The number of hydrogen-bond acceptors (Lipinski definition) is 9. The van der Waals surface area contributed by atoms with E-state index < -0.39 is 23.4 Å². The fourth-order valence-electron chi connectivity index (χ4n) is 2.90. The number of amides is 1. The minimum Gasteiger partial charge on any atom is -0.494 e. The first kappa shape index (κ1) is 23.6. The molecular weight excluding hydrogens is 436 g/mol. The fraction of sp³-hybridized carbons (Fsp3) is 0.364. The SMILES string of the molecule is CCOc1ccc(OCCC(=O)OCC(=O)Nc2cc3c(cc2[N+](=O)[O-])OCCCO3)cc1. The van der Waals surface area contributed by atoms with Crippen molar-refractivity contribution in [2.45, 2.75) is 19.8 Å². The molecule has 11 heteroatoms. The predicted molar refractivity (Wildman–Crippen MR) is 116 cm³/mol. The Labute approximate surface area is 189 Å². The van der Waals surface area contributed by atoms with Gasteiger partial charge in [0.2, 0.25) is 0 Å². The maximum absolute atomic E-state index is 12.2. The second kappa shape index (κ2) is 11.6. The van der Waals surface area contributed by atoms with Crippen LogP contribution in [0, 0.1) is 10.1 Å². The van der Waals surface area contributed by atoms with Gasteiger partial charge in [-0.05, 0) is 31.2 Å². The van der Waals surface area contributed by atoms with Crippen molar-refractivity contribution in [2.75, 3.05) is 38.4 Å². The first-order chi connectivity index (χ1) is 16.0. The Morgan fingerprint density at radius 1 is 1.06 bits per heavy atom. The molecule has 0 saturated heterocycles. The average molecular weight is 460 g/mol. The second-order valence-electron chi connectivity index (χ2n) is 6.84. The lowest BCUT2D eigenvalue weighted by molar-refractivity contribution is -0.384. The first-order valence-electron chi connectivity index (χ1n) is 10.4. The summed E-state index contributed by atoms with van der Waals surface area (Å²) >= 11 is 0. The van der Waals surface area contributed by atoms with Crippen molar-refractivity contribution >= 4 is 23.3 Å². The number of nitro benzene ring substituents is 1. The smallest absolute Gasteiger partial charge is 0.309 e. The summed E-state index contributed by atoms with van der Waals surface area (Å²) in [6, 6.07) is 9.45. The maximum Gasteiger partial charge on any atom is 0.309 e. The maximum atomic E-state index is 12.2. The highest BCUT2D eigenvalue weighted by Crippen LogP contribution is 2.39. The number of benzene rings is 2. The largest absolute Gasteiger partial charge is 0.494 e. The Balaban J connectivity index is 1.47. The molecule has 0 saturated carbocycles. The van der Waals surface area contributed by atoms with E-state index in [-0.39, 0.29) is 35.9 Å². The number of ether oxygens (including phenoxy) is 5. The van der Waals surface area contributed by atoms with Crippen LogP contribution in [0.3, 0.4) is 0 Å². The summed E-state index contributed by atoms with van der Waals surface area (Å²) in [6.45, 7) is 2.65. The number of carbonyl (C=O) groups excluding carboxylic acids is 2. The first-order valence-corrected chi connectivity index (χ1v) is 10.4. The van der Waals surface area contributed by atoms with Gasteiger partial charge in [0.1, 0.15) is 17.2 Å². The van der Waals surface area contributed by atoms with Crippen LogP contribution in [0.4, 0.5) is 11.4 Å². The van der Waals surface area contributed by atoms with Crippen molar-refractivity contribution in [3.63, 3.8) is 0 Å². The minimum absolute atomic E-state index is 0.0576. The molecule has 0 radical (unpaired) electrons. The van der Waals surface area contributed by atoms with Gasteiger partial charge in [-0.2, -0.15) is 0 Å². The Morgan fingerprint density at radius 3 is 2.33 bits per heavy atom. The van der Waals surface area contributed by atoms with E-state index in [1.54, 1.807) is 24.3 Å². The van der Waals surface area contributed by atoms with E-state index >= 15 is 0 Å². The summed E-state index contributed by atoms with van der Waals surface area (Å²) in [7, 11) is 0. The number of esters is 1. The molecule has 33 heavy (non-hydrogen) atoms. The minimum atomic E-state index is -0.728. The molecule has 0 fully saturated rings. The number of nitrogens with zero attached hydrogens (tertiary/aromatic N) is 1. The van der Waals surface area contributed by atoms with E-state index in [0.717, 1.165) is 0 Å². The van der Waals surface area contributed by atoms with Crippen LogP contribution in [0.15, 0.2) is 36.4 Å². The molecule has 2 aromatic rings. The molecule has 2 aromatic carbocycles. The highest BCUT2D eigenvalue weighted by molar-refractivity contribution is 5.95. The molecule has 1 N–H and O–H groups in total. The van der Waals surface area contributed by atoms with Gasteiger partial charge in [0.15, 0.2) is 18.1 Å². The Hall–Kier alpha value is -4.02. The molecule has 1 amide bonds. The summed E-state index contributed by atoms with van der Waals surface area (Å²) in [6.07, 6.45) is 0.549. The van der Waals surface area contributed by atoms with Gasteiger partial charge in [-0.3, -0.25) is 19.7 Å². The number of carbonyl (C=O) groups is 2. The fourth-order valence-corrected chi connectivity index (χ4v) is 2.90. The van der Waals surface area contributed by atoms with E-state index in [2.05, 4.69) is 5.32 Å². The highest BCUT2D eigenvalue weighted by Gasteiger charge is 2.23. The van der Waals surface area contributed by atoms with Gasteiger partial charge in [0, 0.05) is 12.5 Å². The zero-order valence-electron chi connectivity index (χ0n) is 18.0. The molecule has 0 unspecified atom stereocenters. The van der Waals surface area contributed by atoms with Crippen molar-refractivity contribution in [3.8, 4) is 23.0 Å². The molecule has 176 valence electrons. The predicted octanol–water partition coefficient (Wildman–Crippen LogP) is 3.11. The van der Waals surface area contributed by atoms with Gasteiger partial charge in [-0.1, -0.05) is 0 Å². The Morgan fingerprint density at radius 2 is 1.70 bits per heavy atom. The number of rotatable bonds is 10. The van der Waals surface area contributed by atoms with Crippen molar-refractivity contribution in [2.24, 2.45) is 0 Å². The Bertz CT molecular complexity index is 992. The molecule has 0 spiro atoms. The Kier molecular flexibility index (Phi) is 8.28. The summed E-state index contributed by atoms with van der Waals surface area (Å²) in [5, 5.41) is 13.8. The van der Waals surface area contributed by atoms with Gasteiger partial charge in [0.25, 0.3) is 11.6 Å². The molecule has 0 atom stereocenters. The molecule has 3 rings (SSSR count). The normalized spacial score (nSPS) is 12.3. The van der Waals surface area contributed by atoms with Crippen molar-refractivity contribution in [1.29, 1.82) is 0 Å². The van der Waals surface area contributed by atoms with Crippen LogP contribution >= 0.6 is 0 Å². The van der Waals surface area contributed by atoms with E-state index in [1.807, 2.05) is 6.92 Å². The quantitative estimate of drug-likeness (QED) is 0.322. The summed E-state index contributed by atoms with van der Waals surface area (Å²) in [5.74, 6) is 0.417. The van der Waals surface area contributed by atoms with E-state index in [9.17, 15) is 19.7 Å². The topological polar surface area (TPSA) is 135 Å². The lowest BCUT2D eigenvalue weighted by Crippen LogP contribution is -2.22. The molecule has 0 aromatic heterocycles. The number of anilines is 1. The molecule has 1 aliphatic rings. The summed E-state index contributed by atoms with van der Waals surface area (Å²) in [5.41, 5.74) is -0.438. The lowest BCUT2D eigenvalue weighted by Gasteiger charge is -2.11. The summed E-state index contributed by atoms with van der Waals surface area (Å²) in [4.78, 5) is 34.8. The van der Waals surface area contributed by atoms with Crippen LogP contribution < -0.4 is 24.3 Å². The van der Waals surface area contributed by atoms with Crippen molar-refractivity contribution < 1.29 is 38.2 Å². The number of nitrogens with one attached hydrogen (secondary N) is 1. The molecule has 1 heterocycles. The third-order valence-electron chi connectivity index (χ3n) is 4.41. The second-order valence-corrected chi connectivity index (χ2v) is 6.84. The average Bonchev–Trinajstić information content (AvgIpc) is 3.03. The van der Waals surface area contributed by atoms with E-state index in [0.29, 0.717) is 37.7 Å². The van der Waals surface area contributed by atoms with Crippen LogP contribution in [0.5, 0.6) is 23.0 Å². The standard InChI is InChI=1S/C22H24N2O9/c1-2-29-15-4-6-16(7-5-15)30-11-8-22(26)33-14-21(25)23-17-12-19-20(13-18(17)24(27)28)32-10-3-9-31-19/h4-7,12-13H,2-3,8-11,14H2,1H3,(H,23,25). The number of nitro groups is 1. The molecule has 0 bridgehead atoms. The third-order valence-corrected chi connectivity index (χ3v) is 4.41. The van der Waals surface area contributed by atoms with Crippen LogP contribution in [-0.2, 0) is 14.3 Å². The summed E-state index contributed by atoms with van der Waals surface area (Å²) < 4.78 is 26.6.